The largest absolute Gasteiger partial charge is 0.332 e. The molecule has 2 aromatic carbocycles. The maximum Gasteiger partial charge on any atom is 0.254 e. The van der Waals surface area contributed by atoms with Gasteiger partial charge in [-0.05, 0) is 49.4 Å². The van der Waals surface area contributed by atoms with Gasteiger partial charge in [0.1, 0.15) is 10.7 Å². The summed E-state index contributed by atoms with van der Waals surface area (Å²) in [7, 11) is -3.93. The molecule has 1 unspecified atom stereocenters. The normalized spacial score (nSPS) is 20.6. The Labute approximate surface area is 164 Å². The first-order chi connectivity index (χ1) is 13.5. The highest BCUT2D eigenvalue weighted by Gasteiger charge is 2.33. The van der Waals surface area contributed by atoms with Crippen LogP contribution in [-0.2, 0) is 10.0 Å². The van der Waals surface area contributed by atoms with Crippen LogP contribution in [0.1, 0.15) is 47.6 Å². The van der Waals surface area contributed by atoms with Crippen molar-refractivity contribution in [2.45, 2.75) is 36.6 Å². The quantitative estimate of drug-likeness (QED) is 0.785. The van der Waals surface area contributed by atoms with E-state index in [-0.39, 0.29) is 17.5 Å². The molecule has 0 saturated carbocycles. The van der Waals surface area contributed by atoms with Crippen molar-refractivity contribution in [2.24, 2.45) is 0 Å². The predicted molar refractivity (Wildman–Crippen MR) is 104 cm³/mol. The molecular weight excluding hydrogens is 379 g/mol. The van der Waals surface area contributed by atoms with Gasteiger partial charge in [0.15, 0.2) is 0 Å². The highest BCUT2D eigenvalue weighted by atomic mass is 32.2. The van der Waals surface area contributed by atoms with Crippen LogP contribution in [-0.4, -0.2) is 43.2 Å². The molecule has 2 fully saturated rings. The molecule has 148 valence electrons. The fourth-order valence-corrected chi connectivity index (χ4v) is 5.71. The fraction of sp³-hybridized carbons (Fsp3) is 0.381. The molecule has 28 heavy (non-hydrogen) atoms. The van der Waals surface area contributed by atoms with Gasteiger partial charge in [-0.1, -0.05) is 30.3 Å². The molecule has 1 atom stereocenters. The highest BCUT2D eigenvalue weighted by molar-refractivity contribution is 7.89. The molecule has 0 radical (unpaired) electrons. The third-order valence-electron chi connectivity index (χ3n) is 5.56. The summed E-state index contributed by atoms with van der Waals surface area (Å²) < 4.78 is 41.3. The second-order valence-corrected chi connectivity index (χ2v) is 9.23. The average Bonchev–Trinajstić information content (AvgIpc) is 3.40. The molecule has 2 aliphatic rings. The van der Waals surface area contributed by atoms with Crippen LogP contribution in [0.15, 0.2) is 53.4 Å². The Hall–Kier alpha value is -2.25. The lowest BCUT2D eigenvalue weighted by atomic mass is 10.0. The number of benzene rings is 2. The van der Waals surface area contributed by atoms with Gasteiger partial charge in [0, 0.05) is 25.2 Å². The van der Waals surface area contributed by atoms with E-state index in [1.165, 1.54) is 16.4 Å². The van der Waals surface area contributed by atoms with Crippen molar-refractivity contribution in [2.75, 3.05) is 19.6 Å². The summed E-state index contributed by atoms with van der Waals surface area (Å²) in [4.78, 5) is 14.5. The van der Waals surface area contributed by atoms with E-state index in [2.05, 4.69) is 0 Å². The molecule has 2 aliphatic heterocycles. The molecular formula is C21H23FN2O3S. The molecule has 7 heteroatoms. The molecule has 2 saturated heterocycles. The number of sulfonamides is 1. The van der Waals surface area contributed by atoms with Gasteiger partial charge in [-0.15, -0.1) is 0 Å². The zero-order chi connectivity index (χ0) is 19.7. The molecule has 0 bridgehead atoms. The minimum atomic E-state index is -3.93. The number of likely N-dealkylation sites (tertiary alicyclic amines) is 1. The molecule has 1 amide bonds. The van der Waals surface area contributed by atoms with Gasteiger partial charge in [-0.2, -0.15) is 4.31 Å². The third kappa shape index (κ3) is 3.44. The number of carbonyl (C=O) groups excluding carboxylic acids is 1. The standard InChI is InChI=1S/C21H23FN2O3S/c22-18-11-10-17(15-20(18)28(26,27)23-12-4-5-13-23)21(25)24-14-6-9-19(24)16-7-2-1-3-8-16/h1-3,7-8,10-11,15,19H,4-6,9,12-14H2. The van der Waals surface area contributed by atoms with Crippen LogP contribution in [0.5, 0.6) is 0 Å². The molecule has 0 aromatic heterocycles. The second kappa shape index (κ2) is 7.64. The second-order valence-electron chi connectivity index (χ2n) is 7.32. The SMILES string of the molecule is O=C(c1ccc(F)c(S(=O)(=O)N2CCCC2)c1)N1CCCC1c1ccccc1. The molecule has 0 aliphatic carbocycles. The first kappa shape index (κ1) is 19.1. The number of hydrogen-bond acceptors (Lipinski definition) is 3. The third-order valence-corrected chi connectivity index (χ3v) is 7.47. The number of carbonyl (C=O) groups is 1. The first-order valence-corrected chi connectivity index (χ1v) is 11.1. The maximum absolute atomic E-state index is 14.4. The van der Waals surface area contributed by atoms with E-state index in [0.717, 1.165) is 37.3 Å². The summed E-state index contributed by atoms with van der Waals surface area (Å²) in [6.07, 6.45) is 3.28. The molecule has 2 aromatic rings. The van der Waals surface area contributed by atoms with E-state index in [4.69, 9.17) is 0 Å². The van der Waals surface area contributed by atoms with Crippen LogP contribution in [0.2, 0.25) is 0 Å². The van der Waals surface area contributed by atoms with Gasteiger partial charge < -0.3 is 4.90 Å². The Kier molecular flexibility index (Phi) is 5.21. The summed E-state index contributed by atoms with van der Waals surface area (Å²) in [5.41, 5.74) is 1.27. The average molecular weight is 402 g/mol. The summed E-state index contributed by atoms with van der Waals surface area (Å²) in [5, 5.41) is 0. The predicted octanol–water partition coefficient (Wildman–Crippen LogP) is 3.59. The molecule has 4 rings (SSSR count). The Bertz CT molecular complexity index is 972. The van der Waals surface area contributed by atoms with Gasteiger partial charge in [-0.25, -0.2) is 12.8 Å². The zero-order valence-corrected chi connectivity index (χ0v) is 16.4. The van der Waals surface area contributed by atoms with E-state index in [0.29, 0.717) is 19.6 Å². The number of hydrogen-bond donors (Lipinski definition) is 0. The Balaban J connectivity index is 1.65. The smallest absolute Gasteiger partial charge is 0.254 e. The maximum atomic E-state index is 14.4. The van der Waals surface area contributed by atoms with Crippen molar-refractivity contribution >= 4 is 15.9 Å². The Morgan fingerprint density at radius 1 is 0.964 bits per heavy atom. The summed E-state index contributed by atoms with van der Waals surface area (Å²) in [6, 6.07) is 13.4. The summed E-state index contributed by atoms with van der Waals surface area (Å²) >= 11 is 0. The number of nitrogens with zero attached hydrogens (tertiary/aromatic N) is 2. The monoisotopic (exact) mass is 402 g/mol. The lowest BCUT2D eigenvalue weighted by Gasteiger charge is -2.25. The lowest BCUT2D eigenvalue weighted by molar-refractivity contribution is 0.0735. The molecule has 0 spiro atoms. The summed E-state index contributed by atoms with van der Waals surface area (Å²) in [5.74, 6) is -1.08. The lowest BCUT2D eigenvalue weighted by Crippen LogP contribution is -2.32. The van der Waals surface area contributed by atoms with Crippen molar-refractivity contribution in [1.82, 2.24) is 9.21 Å². The molecule has 0 N–H and O–H groups in total. The topological polar surface area (TPSA) is 57.7 Å². The minimum Gasteiger partial charge on any atom is -0.332 e. The Morgan fingerprint density at radius 3 is 2.39 bits per heavy atom. The van der Waals surface area contributed by atoms with Crippen LogP contribution in [0.25, 0.3) is 0 Å². The minimum absolute atomic E-state index is 0.0441. The highest BCUT2D eigenvalue weighted by Crippen LogP contribution is 2.33. The zero-order valence-electron chi connectivity index (χ0n) is 15.6. The van der Waals surface area contributed by atoms with E-state index in [1.807, 2.05) is 30.3 Å². The van der Waals surface area contributed by atoms with Crippen LogP contribution < -0.4 is 0 Å². The molecule has 5 nitrogen and oxygen atoms in total. The van der Waals surface area contributed by atoms with Gasteiger partial charge >= 0.3 is 0 Å². The number of amides is 1. The van der Waals surface area contributed by atoms with E-state index >= 15 is 0 Å². The van der Waals surface area contributed by atoms with Crippen molar-refractivity contribution in [1.29, 1.82) is 0 Å². The number of halogens is 1. The van der Waals surface area contributed by atoms with Gasteiger partial charge in [0.25, 0.3) is 5.91 Å². The molecule has 2 heterocycles. The van der Waals surface area contributed by atoms with Gasteiger partial charge in [0.2, 0.25) is 10.0 Å². The van der Waals surface area contributed by atoms with Gasteiger partial charge in [0.05, 0.1) is 6.04 Å². The van der Waals surface area contributed by atoms with Crippen molar-refractivity contribution in [3.8, 4) is 0 Å². The van der Waals surface area contributed by atoms with Crippen LogP contribution in [0.4, 0.5) is 4.39 Å². The van der Waals surface area contributed by atoms with Crippen molar-refractivity contribution in [3.05, 3.63) is 65.5 Å². The Morgan fingerprint density at radius 2 is 1.68 bits per heavy atom. The van der Waals surface area contributed by atoms with Gasteiger partial charge in [-0.3, -0.25) is 4.79 Å². The van der Waals surface area contributed by atoms with Crippen LogP contribution in [0, 0.1) is 5.82 Å². The summed E-state index contributed by atoms with van der Waals surface area (Å²) in [6.45, 7) is 1.38. The van der Waals surface area contributed by atoms with E-state index in [1.54, 1.807) is 4.90 Å². The fourth-order valence-electron chi connectivity index (χ4n) is 4.10. The van der Waals surface area contributed by atoms with Crippen LogP contribution >= 0.6 is 0 Å². The van der Waals surface area contributed by atoms with Crippen molar-refractivity contribution < 1.29 is 17.6 Å². The van der Waals surface area contributed by atoms with E-state index in [9.17, 15) is 17.6 Å². The van der Waals surface area contributed by atoms with Crippen LogP contribution in [0.3, 0.4) is 0 Å². The number of rotatable bonds is 4. The first-order valence-electron chi connectivity index (χ1n) is 9.64. The van der Waals surface area contributed by atoms with E-state index < -0.39 is 20.7 Å². The van der Waals surface area contributed by atoms with Crippen molar-refractivity contribution in [3.63, 3.8) is 0 Å².